The van der Waals surface area contributed by atoms with E-state index in [0.29, 0.717) is 0 Å². The van der Waals surface area contributed by atoms with Crippen LogP contribution in [-0.2, 0) is 0 Å². The summed E-state index contributed by atoms with van der Waals surface area (Å²) in [4.78, 5) is 15.6. The number of rotatable bonds is 4. The Morgan fingerprint density at radius 3 is 2.22 bits per heavy atom. The molecule has 0 aliphatic heterocycles. The van der Waals surface area contributed by atoms with E-state index in [4.69, 9.17) is 0 Å². The molecule has 0 radical (unpaired) electrons. The van der Waals surface area contributed by atoms with Crippen molar-refractivity contribution in [1.29, 1.82) is 0 Å². The van der Waals surface area contributed by atoms with Gasteiger partial charge in [-0.15, -0.1) is 0 Å². The summed E-state index contributed by atoms with van der Waals surface area (Å²) in [6.45, 7) is 0. The first-order valence-corrected chi connectivity index (χ1v) is 6.14. The summed E-state index contributed by atoms with van der Waals surface area (Å²) in [6.07, 6.45) is -8.33. The van der Waals surface area contributed by atoms with Gasteiger partial charge in [-0.25, -0.2) is 0 Å². The van der Waals surface area contributed by atoms with E-state index in [1.54, 1.807) is 6.07 Å². The van der Waals surface area contributed by atoms with Crippen molar-refractivity contribution in [2.24, 2.45) is 0 Å². The zero-order valence-electron chi connectivity index (χ0n) is 11.3. The Morgan fingerprint density at radius 2 is 1.70 bits per heavy atom. The van der Waals surface area contributed by atoms with E-state index in [1.165, 1.54) is 18.5 Å². The molecule has 1 N–H and O–H groups in total. The maximum Gasteiger partial charge on any atom is 0.499 e. The molecule has 1 aromatic carbocycles. The summed E-state index contributed by atoms with van der Waals surface area (Å²) in [5.74, 6) is -1.20. The highest BCUT2D eigenvalue weighted by Gasteiger charge is 2.61. The van der Waals surface area contributed by atoms with Gasteiger partial charge in [-0.1, -0.05) is 0 Å². The molecule has 4 nitrogen and oxygen atoms in total. The quantitative estimate of drug-likeness (QED) is 0.865. The molecule has 1 aromatic heterocycles. The second-order valence-corrected chi connectivity index (χ2v) is 4.34. The van der Waals surface area contributed by atoms with Gasteiger partial charge >= 0.3 is 12.3 Å². The molecule has 2 aromatic rings. The van der Waals surface area contributed by atoms with Crippen LogP contribution in [0, 0.1) is 0 Å². The minimum absolute atomic E-state index is 0.196. The van der Waals surface area contributed by atoms with Gasteiger partial charge in [0.15, 0.2) is 0 Å². The van der Waals surface area contributed by atoms with Gasteiger partial charge in [0, 0.05) is 18.1 Å². The topological polar surface area (TPSA) is 51.2 Å². The Kier molecular flexibility index (Phi) is 4.48. The average molecular weight is 332 g/mol. The van der Waals surface area contributed by atoms with E-state index >= 15 is 0 Å². The zero-order valence-corrected chi connectivity index (χ0v) is 11.3. The summed E-state index contributed by atoms with van der Waals surface area (Å²) in [5.41, 5.74) is 0.456. The highest BCUT2D eigenvalue weighted by molar-refractivity contribution is 6.04. The molecule has 0 fully saturated rings. The lowest BCUT2D eigenvalue weighted by molar-refractivity contribution is -0.360. The number of hydrogen-bond acceptors (Lipinski definition) is 3. The van der Waals surface area contributed by atoms with Gasteiger partial charge in [-0.2, -0.15) is 22.0 Å². The molecule has 0 bridgehead atoms. The lowest BCUT2D eigenvalue weighted by Gasteiger charge is -2.20. The van der Waals surface area contributed by atoms with Crippen LogP contribution in [0.3, 0.4) is 0 Å². The van der Waals surface area contributed by atoms with Crippen LogP contribution in [0.2, 0.25) is 0 Å². The predicted octanol–water partition coefficient (Wildman–Crippen LogP) is 3.87. The summed E-state index contributed by atoms with van der Waals surface area (Å²) in [5, 5.41) is 2.43. The van der Waals surface area contributed by atoms with Crippen LogP contribution in [0.1, 0.15) is 10.4 Å². The largest absolute Gasteiger partial charge is 0.499 e. The number of carbonyl (C=O) groups excluding carboxylic acids is 1. The van der Waals surface area contributed by atoms with Crippen molar-refractivity contribution in [3.05, 3.63) is 54.4 Å². The molecule has 2 rings (SSSR count). The number of pyridine rings is 1. The molecule has 23 heavy (non-hydrogen) atoms. The Balaban J connectivity index is 2.04. The highest BCUT2D eigenvalue weighted by Crippen LogP contribution is 2.37. The van der Waals surface area contributed by atoms with Gasteiger partial charge in [0.05, 0.1) is 5.56 Å². The molecule has 0 aliphatic rings. The van der Waals surface area contributed by atoms with Crippen molar-refractivity contribution in [3.8, 4) is 5.75 Å². The molecule has 0 saturated carbocycles. The third-order valence-electron chi connectivity index (χ3n) is 2.61. The summed E-state index contributed by atoms with van der Waals surface area (Å²) >= 11 is 0. The van der Waals surface area contributed by atoms with Gasteiger partial charge in [0.2, 0.25) is 0 Å². The van der Waals surface area contributed by atoms with Crippen molar-refractivity contribution >= 4 is 11.6 Å². The number of amides is 1. The summed E-state index contributed by atoms with van der Waals surface area (Å²) in [7, 11) is 0. The first-order chi connectivity index (χ1) is 10.7. The minimum Gasteiger partial charge on any atom is -0.426 e. The molecule has 1 heterocycles. The molecule has 0 unspecified atom stereocenters. The minimum atomic E-state index is -5.82. The fraction of sp³-hybridized carbons (Fsp3) is 0.143. The van der Waals surface area contributed by atoms with Crippen LogP contribution < -0.4 is 10.1 Å². The van der Waals surface area contributed by atoms with Crippen LogP contribution >= 0.6 is 0 Å². The van der Waals surface area contributed by atoms with E-state index in [2.05, 4.69) is 15.0 Å². The molecule has 9 heteroatoms. The third-order valence-corrected chi connectivity index (χ3v) is 2.61. The second kappa shape index (κ2) is 6.19. The Labute approximate surface area is 126 Å². The summed E-state index contributed by atoms with van der Waals surface area (Å²) in [6, 6.07) is 7.10. The van der Waals surface area contributed by atoms with E-state index in [9.17, 15) is 26.7 Å². The number of halogens is 5. The fourth-order valence-corrected chi connectivity index (χ4v) is 1.51. The standard InChI is InChI=1S/C14H9F5N2O2/c15-13(16,17)14(18,19)23-11-5-3-10(4-6-11)21-12(22)9-2-1-7-20-8-9/h1-8H,(H,21,22). The zero-order chi connectivity index (χ0) is 17.1. The average Bonchev–Trinajstić information content (AvgIpc) is 2.48. The van der Waals surface area contributed by atoms with Gasteiger partial charge in [-0.3, -0.25) is 9.78 Å². The third kappa shape index (κ3) is 4.15. The highest BCUT2D eigenvalue weighted by atomic mass is 19.4. The second-order valence-electron chi connectivity index (χ2n) is 4.34. The monoisotopic (exact) mass is 332 g/mol. The van der Waals surface area contributed by atoms with Crippen LogP contribution in [-0.4, -0.2) is 23.2 Å². The SMILES string of the molecule is O=C(Nc1ccc(OC(F)(F)C(F)(F)F)cc1)c1cccnc1. The maximum absolute atomic E-state index is 12.7. The van der Waals surface area contributed by atoms with Crippen molar-refractivity contribution < 1.29 is 31.5 Å². The van der Waals surface area contributed by atoms with Gasteiger partial charge in [-0.05, 0) is 36.4 Å². The molecule has 0 aliphatic carbocycles. The Bertz CT molecular complexity index is 672. The van der Waals surface area contributed by atoms with E-state index in [-0.39, 0.29) is 11.3 Å². The molecule has 1 amide bonds. The number of ether oxygens (including phenoxy) is 1. The van der Waals surface area contributed by atoms with Gasteiger partial charge in [0.1, 0.15) is 5.75 Å². The fourth-order valence-electron chi connectivity index (χ4n) is 1.51. The molecular weight excluding hydrogens is 323 g/mol. The molecule has 0 atom stereocenters. The van der Waals surface area contributed by atoms with Crippen molar-refractivity contribution in [2.75, 3.05) is 5.32 Å². The van der Waals surface area contributed by atoms with E-state index in [0.717, 1.165) is 24.3 Å². The molecular formula is C14H9F5N2O2. The Morgan fingerprint density at radius 1 is 1.04 bits per heavy atom. The number of nitrogens with one attached hydrogen (secondary N) is 1. The van der Waals surface area contributed by atoms with Crippen LogP contribution in [0.4, 0.5) is 27.6 Å². The number of alkyl halides is 5. The molecule has 0 saturated heterocycles. The Hall–Kier alpha value is -2.71. The first kappa shape index (κ1) is 16.7. The number of nitrogens with zero attached hydrogens (tertiary/aromatic N) is 1. The van der Waals surface area contributed by atoms with Crippen LogP contribution in [0.25, 0.3) is 0 Å². The lowest BCUT2D eigenvalue weighted by atomic mass is 10.2. The van der Waals surface area contributed by atoms with E-state index < -0.39 is 23.9 Å². The molecule has 0 spiro atoms. The number of carbonyl (C=O) groups is 1. The first-order valence-electron chi connectivity index (χ1n) is 6.14. The van der Waals surface area contributed by atoms with Crippen LogP contribution in [0.15, 0.2) is 48.8 Å². The lowest BCUT2D eigenvalue weighted by Crippen LogP contribution is -2.41. The maximum atomic E-state index is 12.7. The number of anilines is 1. The summed E-state index contributed by atoms with van der Waals surface area (Å²) < 4.78 is 65.1. The van der Waals surface area contributed by atoms with Gasteiger partial charge in [0.25, 0.3) is 5.91 Å². The molecule has 122 valence electrons. The predicted molar refractivity (Wildman–Crippen MR) is 70.3 cm³/mol. The van der Waals surface area contributed by atoms with Crippen molar-refractivity contribution in [2.45, 2.75) is 12.3 Å². The van der Waals surface area contributed by atoms with E-state index in [1.807, 2.05) is 0 Å². The smallest absolute Gasteiger partial charge is 0.426 e. The number of benzene rings is 1. The van der Waals surface area contributed by atoms with Crippen molar-refractivity contribution in [1.82, 2.24) is 4.98 Å². The van der Waals surface area contributed by atoms with Crippen molar-refractivity contribution in [3.63, 3.8) is 0 Å². The normalized spacial score (nSPS) is 11.9. The number of aromatic nitrogens is 1. The number of hydrogen-bond donors (Lipinski definition) is 1. The van der Waals surface area contributed by atoms with Gasteiger partial charge < -0.3 is 10.1 Å². The van der Waals surface area contributed by atoms with Crippen LogP contribution in [0.5, 0.6) is 5.75 Å².